The molecule has 12 heavy (non-hydrogen) atoms. The molecule has 1 saturated heterocycles. The molecule has 1 rings (SSSR count). The van der Waals surface area contributed by atoms with Gasteiger partial charge in [0.25, 0.3) is 0 Å². The van der Waals surface area contributed by atoms with E-state index in [0.717, 1.165) is 12.8 Å². The molecule has 0 bridgehead atoms. The number of rotatable bonds is 4. The van der Waals surface area contributed by atoms with Crippen molar-refractivity contribution in [2.75, 3.05) is 6.61 Å². The van der Waals surface area contributed by atoms with Crippen LogP contribution in [-0.4, -0.2) is 23.4 Å². The van der Waals surface area contributed by atoms with E-state index in [-0.39, 0.29) is 18.3 Å². The van der Waals surface area contributed by atoms with Gasteiger partial charge in [0.2, 0.25) is 0 Å². The van der Waals surface area contributed by atoms with Crippen LogP contribution in [0.2, 0.25) is 0 Å². The van der Waals surface area contributed by atoms with Crippen LogP contribution in [0.3, 0.4) is 0 Å². The van der Waals surface area contributed by atoms with Crippen LogP contribution in [0, 0.1) is 0 Å². The standard InChI is InChI=1S/C10H18O2/c1-8(2)5-4-6-10(3)9(7-11)12-10/h5,9,11H,4,6-7H2,1-3H3. The van der Waals surface area contributed by atoms with E-state index in [4.69, 9.17) is 9.84 Å². The van der Waals surface area contributed by atoms with Gasteiger partial charge in [-0.25, -0.2) is 0 Å². The summed E-state index contributed by atoms with van der Waals surface area (Å²) in [6.45, 7) is 6.41. The van der Waals surface area contributed by atoms with Crippen LogP contribution in [0.1, 0.15) is 33.6 Å². The second-order valence-electron chi connectivity index (χ2n) is 3.92. The monoisotopic (exact) mass is 170 g/mol. The minimum Gasteiger partial charge on any atom is -0.394 e. The Labute approximate surface area is 74.2 Å². The summed E-state index contributed by atoms with van der Waals surface area (Å²) in [4.78, 5) is 0. The number of allylic oxidation sites excluding steroid dienone is 2. The summed E-state index contributed by atoms with van der Waals surface area (Å²) in [7, 11) is 0. The van der Waals surface area contributed by atoms with Crippen LogP contribution in [0.15, 0.2) is 11.6 Å². The number of ether oxygens (including phenoxy) is 1. The molecule has 1 aliphatic rings. The van der Waals surface area contributed by atoms with Gasteiger partial charge >= 0.3 is 0 Å². The molecule has 2 unspecified atom stereocenters. The van der Waals surface area contributed by atoms with Crippen molar-refractivity contribution < 1.29 is 9.84 Å². The largest absolute Gasteiger partial charge is 0.394 e. The van der Waals surface area contributed by atoms with Gasteiger partial charge in [0.05, 0.1) is 12.2 Å². The van der Waals surface area contributed by atoms with E-state index in [2.05, 4.69) is 26.8 Å². The maximum absolute atomic E-state index is 8.81. The van der Waals surface area contributed by atoms with E-state index in [9.17, 15) is 0 Å². The summed E-state index contributed by atoms with van der Waals surface area (Å²) in [6, 6.07) is 0. The van der Waals surface area contributed by atoms with Crippen LogP contribution in [0.25, 0.3) is 0 Å². The van der Waals surface area contributed by atoms with Crippen molar-refractivity contribution in [1.82, 2.24) is 0 Å². The Morgan fingerprint density at radius 2 is 2.25 bits per heavy atom. The third kappa shape index (κ3) is 2.32. The summed E-state index contributed by atoms with van der Waals surface area (Å²) in [5, 5.41) is 8.81. The Hall–Kier alpha value is -0.340. The van der Waals surface area contributed by atoms with Crippen LogP contribution in [0.4, 0.5) is 0 Å². The third-order valence-corrected chi connectivity index (χ3v) is 2.39. The zero-order chi connectivity index (χ0) is 9.19. The average Bonchev–Trinajstić information content (AvgIpc) is 2.61. The van der Waals surface area contributed by atoms with Gasteiger partial charge in [0.1, 0.15) is 6.10 Å². The van der Waals surface area contributed by atoms with E-state index >= 15 is 0 Å². The highest BCUT2D eigenvalue weighted by Gasteiger charge is 2.50. The molecule has 0 aromatic carbocycles. The molecule has 70 valence electrons. The molecule has 0 amide bonds. The molecule has 0 saturated carbocycles. The second-order valence-corrected chi connectivity index (χ2v) is 3.92. The molecule has 2 nitrogen and oxygen atoms in total. The van der Waals surface area contributed by atoms with E-state index < -0.39 is 0 Å². The highest BCUT2D eigenvalue weighted by atomic mass is 16.6. The molecular formula is C10H18O2. The fourth-order valence-electron chi connectivity index (χ4n) is 1.39. The fourth-order valence-corrected chi connectivity index (χ4v) is 1.39. The zero-order valence-electron chi connectivity index (χ0n) is 8.13. The van der Waals surface area contributed by atoms with Gasteiger partial charge in [-0.15, -0.1) is 0 Å². The minimum absolute atomic E-state index is 0.0410. The number of hydrogen-bond donors (Lipinski definition) is 1. The SMILES string of the molecule is CC(C)=CCCC1(C)OC1CO. The highest BCUT2D eigenvalue weighted by molar-refractivity contribution is 5.02. The van der Waals surface area contributed by atoms with Crippen LogP contribution >= 0.6 is 0 Å². The molecule has 2 atom stereocenters. The lowest BCUT2D eigenvalue weighted by Crippen LogP contribution is -2.11. The lowest BCUT2D eigenvalue weighted by Gasteiger charge is -2.02. The van der Waals surface area contributed by atoms with E-state index in [0.29, 0.717) is 0 Å². The molecule has 0 aromatic heterocycles. The topological polar surface area (TPSA) is 32.8 Å². The van der Waals surface area contributed by atoms with Gasteiger partial charge in [-0.2, -0.15) is 0 Å². The predicted octanol–water partition coefficient (Wildman–Crippen LogP) is 1.88. The maximum atomic E-state index is 8.81. The van der Waals surface area contributed by atoms with E-state index in [1.54, 1.807) is 0 Å². The number of hydrogen-bond acceptors (Lipinski definition) is 2. The lowest BCUT2D eigenvalue weighted by atomic mass is 10.0. The molecule has 1 N–H and O–H groups in total. The normalized spacial score (nSPS) is 33.2. The van der Waals surface area contributed by atoms with Gasteiger partial charge in [-0.05, 0) is 33.6 Å². The van der Waals surface area contributed by atoms with Gasteiger partial charge in [0, 0.05) is 0 Å². The van der Waals surface area contributed by atoms with Crippen LogP contribution < -0.4 is 0 Å². The van der Waals surface area contributed by atoms with Crippen molar-refractivity contribution in [1.29, 1.82) is 0 Å². The van der Waals surface area contributed by atoms with Crippen molar-refractivity contribution >= 4 is 0 Å². The molecular weight excluding hydrogens is 152 g/mol. The molecule has 1 heterocycles. The average molecular weight is 170 g/mol. The quantitative estimate of drug-likeness (QED) is 0.516. The number of epoxide rings is 1. The Bertz CT molecular complexity index is 182. The summed E-state index contributed by atoms with van der Waals surface area (Å²) in [5.74, 6) is 0. The van der Waals surface area contributed by atoms with Crippen molar-refractivity contribution in [2.45, 2.75) is 45.3 Å². The lowest BCUT2D eigenvalue weighted by molar-refractivity contribution is 0.235. The Morgan fingerprint density at radius 1 is 1.58 bits per heavy atom. The Kier molecular flexibility index (Phi) is 2.91. The molecule has 0 radical (unpaired) electrons. The van der Waals surface area contributed by atoms with Crippen LogP contribution in [-0.2, 0) is 4.74 Å². The molecule has 0 aromatic rings. The first-order valence-corrected chi connectivity index (χ1v) is 4.50. The first-order chi connectivity index (χ1) is 5.58. The van der Waals surface area contributed by atoms with Gasteiger partial charge in [-0.1, -0.05) is 11.6 Å². The molecule has 0 aliphatic carbocycles. The summed E-state index contributed by atoms with van der Waals surface area (Å²) >= 11 is 0. The Balaban J connectivity index is 2.21. The third-order valence-electron chi connectivity index (χ3n) is 2.39. The molecule has 1 fully saturated rings. The van der Waals surface area contributed by atoms with Gasteiger partial charge in [-0.3, -0.25) is 0 Å². The van der Waals surface area contributed by atoms with Gasteiger partial charge in [0.15, 0.2) is 0 Å². The zero-order valence-corrected chi connectivity index (χ0v) is 8.13. The number of aliphatic hydroxyl groups is 1. The Morgan fingerprint density at radius 3 is 2.67 bits per heavy atom. The summed E-state index contributed by atoms with van der Waals surface area (Å²) < 4.78 is 5.36. The summed E-state index contributed by atoms with van der Waals surface area (Å²) in [6.07, 6.45) is 4.36. The molecule has 0 spiro atoms. The smallest absolute Gasteiger partial charge is 0.110 e. The van der Waals surface area contributed by atoms with Crippen molar-refractivity contribution in [3.8, 4) is 0 Å². The van der Waals surface area contributed by atoms with Gasteiger partial charge < -0.3 is 9.84 Å². The maximum Gasteiger partial charge on any atom is 0.110 e. The van der Waals surface area contributed by atoms with Crippen molar-refractivity contribution in [2.24, 2.45) is 0 Å². The molecule has 2 heteroatoms. The first kappa shape index (κ1) is 9.75. The van der Waals surface area contributed by atoms with E-state index in [1.807, 2.05) is 0 Å². The highest BCUT2D eigenvalue weighted by Crippen LogP contribution is 2.39. The first-order valence-electron chi connectivity index (χ1n) is 4.50. The van der Waals surface area contributed by atoms with Crippen molar-refractivity contribution in [3.05, 3.63) is 11.6 Å². The van der Waals surface area contributed by atoms with E-state index in [1.165, 1.54) is 5.57 Å². The minimum atomic E-state index is -0.0410. The predicted molar refractivity (Wildman–Crippen MR) is 49.0 cm³/mol. The van der Waals surface area contributed by atoms with Crippen molar-refractivity contribution in [3.63, 3.8) is 0 Å². The molecule has 1 aliphatic heterocycles. The number of aliphatic hydroxyl groups excluding tert-OH is 1. The second kappa shape index (κ2) is 3.58. The summed E-state index contributed by atoms with van der Waals surface area (Å²) in [5.41, 5.74) is 1.31. The fraction of sp³-hybridized carbons (Fsp3) is 0.800. The van der Waals surface area contributed by atoms with Crippen LogP contribution in [0.5, 0.6) is 0 Å².